The molecule has 0 saturated carbocycles. The van der Waals surface area contributed by atoms with Gasteiger partial charge in [-0.3, -0.25) is 4.99 Å². The van der Waals surface area contributed by atoms with E-state index in [2.05, 4.69) is 41.2 Å². The molecule has 1 fully saturated rings. The lowest BCUT2D eigenvalue weighted by Gasteiger charge is -2.31. The number of hydrogen-bond acceptors (Lipinski definition) is 4. The number of fused-ring (bicyclic) bond motifs is 1. The van der Waals surface area contributed by atoms with Gasteiger partial charge < -0.3 is 24.3 Å². The van der Waals surface area contributed by atoms with Crippen molar-refractivity contribution in [3.05, 3.63) is 36.1 Å². The molecule has 6 nitrogen and oxygen atoms in total. The lowest BCUT2D eigenvalue weighted by molar-refractivity contribution is 0.121. The molecule has 0 radical (unpaired) electrons. The maximum absolute atomic E-state index is 5.97. The van der Waals surface area contributed by atoms with Crippen molar-refractivity contribution in [1.82, 2.24) is 15.1 Å². The number of halogens is 1. The van der Waals surface area contributed by atoms with E-state index < -0.39 is 0 Å². The van der Waals surface area contributed by atoms with Crippen LogP contribution in [0, 0.1) is 5.92 Å². The third-order valence-corrected chi connectivity index (χ3v) is 5.38. The molecule has 0 atom stereocenters. The SMILES string of the molecule is CCNC(=NCC1CCN(CCOC)CC1)N(C)Cc1cc2ccccc2o1.I. The minimum atomic E-state index is 0. The molecule has 29 heavy (non-hydrogen) atoms. The minimum absolute atomic E-state index is 0. The van der Waals surface area contributed by atoms with E-state index in [1.165, 1.54) is 12.8 Å². The van der Waals surface area contributed by atoms with Gasteiger partial charge in [-0.05, 0) is 50.9 Å². The van der Waals surface area contributed by atoms with Gasteiger partial charge in [-0.2, -0.15) is 0 Å². The van der Waals surface area contributed by atoms with Crippen molar-refractivity contribution in [1.29, 1.82) is 0 Å². The highest BCUT2D eigenvalue weighted by Crippen LogP contribution is 2.20. The molecule has 0 spiro atoms. The Bertz CT molecular complexity index is 723. The maximum Gasteiger partial charge on any atom is 0.194 e. The van der Waals surface area contributed by atoms with E-state index in [1.807, 2.05) is 18.2 Å². The van der Waals surface area contributed by atoms with Crippen molar-refractivity contribution in [2.24, 2.45) is 10.9 Å². The molecule has 2 aromatic rings. The van der Waals surface area contributed by atoms with Crippen LogP contribution in [0.15, 0.2) is 39.7 Å². The zero-order valence-corrected chi connectivity index (χ0v) is 20.2. The largest absolute Gasteiger partial charge is 0.459 e. The van der Waals surface area contributed by atoms with Gasteiger partial charge in [0.1, 0.15) is 11.3 Å². The summed E-state index contributed by atoms with van der Waals surface area (Å²) in [6, 6.07) is 10.3. The third-order valence-electron chi connectivity index (χ3n) is 5.38. The van der Waals surface area contributed by atoms with Crippen molar-refractivity contribution < 1.29 is 9.15 Å². The fourth-order valence-corrected chi connectivity index (χ4v) is 3.72. The molecule has 7 heteroatoms. The van der Waals surface area contributed by atoms with Crippen LogP contribution < -0.4 is 5.32 Å². The quantitative estimate of drug-likeness (QED) is 0.330. The molecule has 2 heterocycles. The molecule has 0 unspecified atom stereocenters. The Morgan fingerprint density at radius 2 is 2.07 bits per heavy atom. The predicted molar refractivity (Wildman–Crippen MR) is 130 cm³/mol. The summed E-state index contributed by atoms with van der Waals surface area (Å²) < 4.78 is 11.2. The predicted octanol–water partition coefficient (Wildman–Crippen LogP) is 3.81. The monoisotopic (exact) mass is 514 g/mol. The van der Waals surface area contributed by atoms with Crippen LogP contribution in [0.4, 0.5) is 0 Å². The summed E-state index contributed by atoms with van der Waals surface area (Å²) in [5.74, 6) is 2.57. The number of rotatable bonds is 8. The Morgan fingerprint density at radius 1 is 1.31 bits per heavy atom. The van der Waals surface area contributed by atoms with E-state index in [9.17, 15) is 0 Å². The molecule has 162 valence electrons. The fourth-order valence-electron chi connectivity index (χ4n) is 3.72. The molecule has 0 amide bonds. The average molecular weight is 514 g/mol. The molecule has 1 N–H and O–H groups in total. The number of methoxy groups -OCH3 is 1. The molecule has 1 aromatic carbocycles. The number of nitrogens with zero attached hydrogens (tertiary/aromatic N) is 3. The van der Waals surface area contributed by atoms with Crippen molar-refractivity contribution in [2.75, 3.05) is 53.5 Å². The van der Waals surface area contributed by atoms with Crippen LogP contribution in [0.3, 0.4) is 0 Å². The second-order valence-corrected chi connectivity index (χ2v) is 7.58. The summed E-state index contributed by atoms with van der Waals surface area (Å²) in [6.07, 6.45) is 2.42. The number of guanidine groups is 1. The van der Waals surface area contributed by atoms with Gasteiger partial charge in [-0.1, -0.05) is 18.2 Å². The van der Waals surface area contributed by atoms with Crippen molar-refractivity contribution >= 4 is 40.9 Å². The van der Waals surface area contributed by atoms with Gasteiger partial charge in [-0.25, -0.2) is 0 Å². The Balaban J connectivity index is 0.00000300. The van der Waals surface area contributed by atoms with E-state index in [0.717, 1.165) is 62.0 Å². The van der Waals surface area contributed by atoms with Crippen LogP contribution in [-0.2, 0) is 11.3 Å². The van der Waals surface area contributed by atoms with Gasteiger partial charge in [0.2, 0.25) is 0 Å². The Labute approximate surface area is 191 Å². The number of ether oxygens (including phenoxy) is 1. The van der Waals surface area contributed by atoms with Crippen molar-refractivity contribution in [2.45, 2.75) is 26.3 Å². The molecule has 0 bridgehead atoms. The van der Waals surface area contributed by atoms with Crippen LogP contribution >= 0.6 is 24.0 Å². The number of para-hydroxylation sites is 1. The molecule has 1 aromatic heterocycles. The standard InChI is InChI=1S/C22H34N4O2.HI/c1-4-23-22(24-16-18-9-11-26(12-10-18)13-14-27-3)25(2)17-20-15-19-7-5-6-8-21(19)28-20;/h5-8,15,18H,4,9-14,16-17H2,1-3H3,(H,23,24);1H. The minimum Gasteiger partial charge on any atom is -0.459 e. The summed E-state index contributed by atoms with van der Waals surface area (Å²) in [6.45, 7) is 8.71. The van der Waals surface area contributed by atoms with Crippen LogP contribution in [0.5, 0.6) is 0 Å². The third kappa shape index (κ3) is 7.15. The van der Waals surface area contributed by atoms with E-state index in [4.69, 9.17) is 14.1 Å². The Hall–Kier alpha value is -1.32. The van der Waals surface area contributed by atoms with Crippen LogP contribution in [0.25, 0.3) is 11.0 Å². The first kappa shape index (κ1) is 24.0. The van der Waals surface area contributed by atoms with Gasteiger partial charge in [0, 0.05) is 39.2 Å². The number of likely N-dealkylation sites (tertiary alicyclic amines) is 1. The normalized spacial score (nSPS) is 16.0. The summed E-state index contributed by atoms with van der Waals surface area (Å²) in [4.78, 5) is 9.56. The Morgan fingerprint density at radius 3 is 2.76 bits per heavy atom. The zero-order chi connectivity index (χ0) is 19.8. The van der Waals surface area contributed by atoms with E-state index in [1.54, 1.807) is 7.11 Å². The zero-order valence-electron chi connectivity index (χ0n) is 17.9. The summed E-state index contributed by atoms with van der Waals surface area (Å²) in [5, 5.41) is 4.57. The fraction of sp³-hybridized carbons (Fsp3) is 0.591. The highest BCUT2D eigenvalue weighted by molar-refractivity contribution is 14.0. The Kier molecular flexibility index (Phi) is 10.2. The first-order valence-electron chi connectivity index (χ1n) is 10.4. The van der Waals surface area contributed by atoms with Gasteiger partial charge in [0.15, 0.2) is 5.96 Å². The van der Waals surface area contributed by atoms with E-state index in [-0.39, 0.29) is 24.0 Å². The topological polar surface area (TPSA) is 53.2 Å². The van der Waals surface area contributed by atoms with Crippen molar-refractivity contribution in [3.8, 4) is 0 Å². The second-order valence-electron chi connectivity index (χ2n) is 7.58. The van der Waals surface area contributed by atoms with Crippen LogP contribution in [0.2, 0.25) is 0 Å². The van der Waals surface area contributed by atoms with Gasteiger partial charge in [-0.15, -0.1) is 24.0 Å². The first-order chi connectivity index (χ1) is 13.7. The highest BCUT2D eigenvalue weighted by atomic mass is 127. The van der Waals surface area contributed by atoms with Crippen molar-refractivity contribution in [3.63, 3.8) is 0 Å². The summed E-state index contributed by atoms with van der Waals surface area (Å²) in [5.41, 5.74) is 0.938. The summed E-state index contributed by atoms with van der Waals surface area (Å²) in [7, 11) is 3.84. The van der Waals surface area contributed by atoms with Crippen LogP contribution in [0.1, 0.15) is 25.5 Å². The molecular formula is C22H35IN4O2. The molecule has 0 aliphatic carbocycles. The highest BCUT2D eigenvalue weighted by Gasteiger charge is 2.19. The number of hydrogen-bond donors (Lipinski definition) is 1. The van der Waals surface area contributed by atoms with E-state index in [0.29, 0.717) is 12.5 Å². The van der Waals surface area contributed by atoms with E-state index >= 15 is 0 Å². The number of piperidine rings is 1. The molecule has 1 aliphatic heterocycles. The number of benzene rings is 1. The summed E-state index contributed by atoms with van der Waals surface area (Å²) >= 11 is 0. The molecular weight excluding hydrogens is 479 g/mol. The first-order valence-corrected chi connectivity index (χ1v) is 10.4. The van der Waals surface area contributed by atoms with Crippen LogP contribution in [-0.4, -0.2) is 69.2 Å². The second kappa shape index (κ2) is 12.4. The molecule has 1 aliphatic rings. The molecule has 1 saturated heterocycles. The smallest absolute Gasteiger partial charge is 0.194 e. The molecule has 3 rings (SSSR count). The lowest BCUT2D eigenvalue weighted by atomic mass is 9.97. The average Bonchev–Trinajstić information content (AvgIpc) is 3.12. The number of aliphatic imine (C=N–C) groups is 1. The number of furan rings is 1. The van der Waals surface area contributed by atoms with Gasteiger partial charge in [0.05, 0.1) is 13.2 Å². The van der Waals surface area contributed by atoms with Gasteiger partial charge >= 0.3 is 0 Å². The van der Waals surface area contributed by atoms with Gasteiger partial charge in [0.25, 0.3) is 0 Å². The lowest BCUT2D eigenvalue weighted by Crippen LogP contribution is -2.40. The maximum atomic E-state index is 5.97. The number of nitrogens with one attached hydrogen (secondary N) is 1.